The molecule has 17 heavy (non-hydrogen) atoms. The molecular formula is C11H13ClN2O2S. The van der Waals surface area contributed by atoms with Crippen LogP contribution in [-0.4, -0.2) is 31.7 Å². The predicted molar refractivity (Wildman–Crippen MR) is 72.9 cm³/mol. The summed E-state index contributed by atoms with van der Waals surface area (Å²) in [7, 11) is 3.18. The summed E-state index contributed by atoms with van der Waals surface area (Å²) in [5.41, 5.74) is 0.798. The van der Waals surface area contributed by atoms with E-state index in [2.05, 4.69) is 10.3 Å². The minimum absolute atomic E-state index is 0.541. The molecule has 0 aromatic heterocycles. The van der Waals surface area contributed by atoms with Crippen LogP contribution in [-0.2, 0) is 0 Å². The highest BCUT2D eigenvalue weighted by atomic mass is 35.5. The summed E-state index contributed by atoms with van der Waals surface area (Å²) in [5, 5.41) is 4.63. The molecule has 0 saturated heterocycles. The smallest absolute Gasteiger partial charge is 0.161 e. The molecule has 1 aromatic rings. The van der Waals surface area contributed by atoms with E-state index in [1.54, 1.807) is 38.1 Å². The summed E-state index contributed by atoms with van der Waals surface area (Å²) in [6, 6.07) is 3.53. The van der Waals surface area contributed by atoms with Crippen LogP contribution in [0.4, 0.5) is 5.69 Å². The maximum absolute atomic E-state index is 6.08. The number of amidine groups is 1. The number of methoxy groups -OCH3 is 2. The van der Waals surface area contributed by atoms with E-state index in [9.17, 15) is 0 Å². The number of anilines is 1. The second-order valence-electron chi connectivity index (χ2n) is 3.35. The van der Waals surface area contributed by atoms with Gasteiger partial charge in [0.1, 0.15) is 11.5 Å². The van der Waals surface area contributed by atoms with E-state index < -0.39 is 0 Å². The van der Waals surface area contributed by atoms with E-state index in [-0.39, 0.29) is 0 Å². The predicted octanol–water partition coefficient (Wildman–Crippen LogP) is 2.87. The molecule has 0 aliphatic carbocycles. The summed E-state index contributed by atoms with van der Waals surface area (Å²) in [4.78, 5) is 4.32. The monoisotopic (exact) mass is 272 g/mol. The first-order chi connectivity index (χ1) is 8.24. The van der Waals surface area contributed by atoms with Crippen molar-refractivity contribution in [2.45, 2.75) is 0 Å². The molecule has 2 rings (SSSR count). The van der Waals surface area contributed by atoms with E-state index in [0.29, 0.717) is 16.5 Å². The number of nitrogens with one attached hydrogen (secondary N) is 1. The van der Waals surface area contributed by atoms with E-state index >= 15 is 0 Å². The normalized spacial score (nSPS) is 14.4. The third kappa shape index (κ3) is 2.79. The first-order valence-electron chi connectivity index (χ1n) is 5.10. The lowest BCUT2D eigenvalue weighted by molar-refractivity contribution is 0.396. The second kappa shape index (κ2) is 5.51. The summed E-state index contributed by atoms with van der Waals surface area (Å²) in [6.45, 7) is 0.846. The van der Waals surface area contributed by atoms with Crippen molar-refractivity contribution in [2.24, 2.45) is 4.99 Å². The minimum atomic E-state index is 0.541. The Balaban J connectivity index is 2.28. The third-order valence-electron chi connectivity index (χ3n) is 2.30. The Bertz CT molecular complexity index is 451. The minimum Gasteiger partial charge on any atom is -0.495 e. The largest absolute Gasteiger partial charge is 0.495 e. The van der Waals surface area contributed by atoms with Gasteiger partial charge in [-0.15, -0.1) is 0 Å². The number of benzene rings is 1. The molecule has 0 bridgehead atoms. The van der Waals surface area contributed by atoms with Crippen molar-refractivity contribution < 1.29 is 9.47 Å². The van der Waals surface area contributed by atoms with Crippen molar-refractivity contribution in [3.63, 3.8) is 0 Å². The molecule has 0 atom stereocenters. The number of hydrogen-bond acceptors (Lipinski definition) is 5. The number of nitrogens with zero attached hydrogens (tertiary/aromatic N) is 1. The topological polar surface area (TPSA) is 42.9 Å². The number of halogens is 1. The second-order valence-corrected chi connectivity index (χ2v) is 4.84. The number of ether oxygens (including phenoxy) is 2. The van der Waals surface area contributed by atoms with Crippen molar-refractivity contribution in [3.05, 3.63) is 17.2 Å². The quantitative estimate of drug-likeness (QED) is 0.919. The Kier molecular flexibility index (Phi) is 4.02. The van der Waals surface area contributed by atoms with Crippen LogP contribution in [0.2, 0.25) is 5.02 Å². The van der Waals surface area contributed by atoms with Crippen LogP contribution in [0.3, 0.4) is 0 Å². The Morgan fingerprint density at radius 2 is 2.06 bits per heavy atom. The maximum atomic E-state index is 6.08. The molecule has 1 aliphatic heterocycles. The molecule has 92 valence electrons. The van der Waals surface area contributed by atoms with Gasteiger partial charge in [0.25, 0.3) is 0 Å². The van der Waals surface area contributed by atoms with Crippen LogP contribution in [0.1, 0.15) is 0 Å². The first-order valence-corrected chi connectivity index (χ1v) is 6.46. The molecule has 1 aromatic carbocycles. The molecule has 1 aliphatic rings. The number of aliphatic imine (C=N–C) groups is 1. The lowest BCUT2D eigenvalue weighted by Gasteiger charge is -2.13. The van der Waals surface area contributed by atoms with Crippen LogP contribution < -0.4 is 14.8 Å². The van der Waals surface area contributed by atoms with E-state index in [0.717, 1.165) is 23.2 Å². The highest BCUT2D eigenvalue weighted by Crippen LogP contribution is 2.36. The van der Waals surface area contributed by atoms with E-state index in [1.807, 2.05) is 0 Å². The molecule has 6 heteroatoms. The summed E-state index contributed by atoms with van der Waals surface area (Å²) < 4.78 is 10.4. The third-order valence-corrected chi connectivity index (χ3v) is 3.49. The van der Waals surface area contributed by atoms with E-state index in [4.69, 9.17) is 21.1 Å². The zero-order valence-electron chi connectivity index (χ0n) is 9.62. The Labute approximate surface area is 109 Å². The fraction of sp³-hybridized carbons (Fsp3) is 0.364. The van der Waals surface area contributed by atoms with Crippen LogP contribution in [0.15, 0.2) is 17.1 Å². The average Bonchev–Trinajstić information content (AvgIpc) is 2.82. The van der Waals surface area contributed by atoms with Crippen LogP contribution in [0.25, 0.3) is 0 Å². The zero-order valence-corrected chi connectivity index (χ0v) is 11.2. The molecule has 0 fully saturated rings. The average molecular weight is 273 g/mol. The van der Waals surface area contributed by atoms with Gasteiger partial charge in [0.2, 0.25) is 0 Å². The highest BCUT2D eigenvalue weighted by Gasteiger charge is 2.13. The first kappa shape index (κ1) is 12.4. The van der Waals surface area contributed by atoms with E-state index in [1.165, 1.54) is 0 Å². The van der Waals surface area contributed by atoms with Gasteiger partial charge in [-0.2, -0.15) is 0 Å². The van der Waals surface area contributed by atoms with Crippen molar-refractivity contribution in [1.82, 2.24) is 0 Å². The zero-order chi connectivity index (χ0) is 12.3. The van der Waals surface area contributed by atoms with Crippen LogP contribution in [0.5, 0.6) is 11.5 Å². The van der Waals surface area contributed by atoms with Crippen molar-refractivity contribution in [1.29, 1.82) is 0 Å². The van der Waals surface area contributed by atoms with Gasteiger partial charge in [0, 0.05) is 11.8 Å². The standard InChI is InChI=1S/C11H13ClN2O2S/c1-15-9-6-10(16-2)8(5-7(9)12)14-11-13-3-4-17-11/h5-6H,3-4H2,1-2H3,(H,13,14). The van der Waals surface area contributed by atoms with Gasteiger partial charge < -0.3 is 14.8 Å². The number of rotatable bonds is 3. The molecule has 0 spiro atoms. The molecule has 0 radical (unpaired) electrons. The summed E-state index contributed by atoms with van der Waals surface area (Å²) >= 11 is 7.76. The lowest BCUT2D eigenvalue weighted by atomic mass is 10.2. The molecule has 4 nitrogen and oxygen atoms in total. The van der Waals surface area contributed by atoms with Gasteiger partial charge in [-0.1, -0.05) is 23.4 Å². The summed E-state index contributed by atoms with van der Waals surface area (Å²) in [5.74, 6) is 2.28. The van der Waals surface area contributed by atoms with Crippen molar-refractivity contribution in [2.75, 3.05) is 31.8 Å². The molecule has 0 saturated carbocycles. The fourth-order valence-electron chi connectivity index (χ4n) is 1.48. The van der Waals surface area contributed by atoms with Gasteiger partial charge in [-0.05, 0) is 6.07 Å². The maximum Gasteiger partial charge on any atom is 0.161 e. The van der Waals surface area contributed by atoms with Crippen molar-refractivity contribution in [3.8, 4) is 11.5 Å². The molecule has 1 N–H and O–H groups in total. The van der Waals surface area contributed by atoms with Gasteiger partial charge in [-0.3, -0.25) is 4.99 Å². The Hall–Kier alpha value is -1.07. The van der Waals surface area contributed by atoms with Gasteiger partial charge in [0.05, 0.1) is 31.5 Å². The fourth-order valence-corrected chi connectivity index (χ4v) is 2.47. The van der Waals surface area contributed by atoms with Crippen molar-refractivity contribution >= 4 is 34.2 Å². The Morgan fingerprint density at radius 1 is 1.29 bits per heavy atom. The van der Waals surface area contributed by atoms with Gasteiger partial charge >= 0.3 is 0 Å². The number of hydrogen-bond donors (Lipinski definition) is 1. The highest BCUT2D eigenvalue weighted by molar-refractivity contribution is 8.14. The van der Waals surface area contributed by atoms with Gasteiger partial charge in [0.15, 0.2) is 5.17 Å². The van der Waals surface area contributed by atoms with Crippen LogP contribution in [0, 0.1) is 0 Å². The Morgan fingerprint density at radius 3 is 2.65 bits per heavy atom. The lowest BCUT2D eigenvalue weighted by Crippen LogP contribution is -2.06. The SMILES string of the molecule is COc1cc(OC)c(NC2=NCCS2)cc1Cl. The molecule has 1 heterocycles. The molecule has 0 unspecified atom stereocenters. The van der Waals surface area contributed by atoms with Crippen LogP contribution >= 0.6 is 23.4 Å². The molecular weight excluding hydrogens is 260 g/mol. The van der Waals surface area contributed by atoms with Gasteiger partial charge in [-0.25, -0.2) is 0 Å². The molecule has 0 amide bonds. The number of thioether (sulfide) groups is 1. The summed E-state index contributed by atoms with van der Waals surface area (Å²) in [6.07, 6.45) is 0.